The van der Waals surface area contributed by atoms with Crippen LogP contribution in [0.5, 0.6) is 0 Å². The van der Waals surface area contributed by atoms with Crippen molar-refractivity contribution < 1.29 is 4.79 Å². The van der Waals surface area contributed by atoms with E-state index in [9.17, 15) is 4.79 Å². The first kappa shape index (κ1) is 14.0. The van der Waals surface area contributed by atoms with Gasteiger partial charge in [-0.25, -0.2) is 0 Å². The highest BCUT2D eigenvalue weighted by atomic mass is 79.9. The highest BCUT2D eigenvalue weighted by molar-refractivity contribution is 9.10. The average molecular weight is 340 g/mol. The summed E-state index contributed by atoms with van der Waals surface area (Å²) in [5.41, 5.74) is 3.71. The average Bonchev–Trinajstić information content (AvgIpc) is 2.50. The van der Waals surface area contributed by atoms with Crippen LogP contribution in [0.2, 0.25) is 0 Å². The van der Waals surface area contributed by atoms with E-state index in [0.717, 1.165) is 32.1 Å². The standard InChI is InChI=1S/C18H14BrNO/c1-12-6-7-14(19)11-16(12)18(21)10-13-8-9-20-17-5-3-2-4-15(13)17/h2-9,11H,10H2,1H3. The van der Waals surface area contributed by atoms with E-state index in [2.05, 4.69) is 20.9 Å². The third-order valence-electron chi connectivity index (χ3n) is 3.59. The van der Waals surface area contributed by atoms with Gasteiger partial charge < -0.3 is 0 Å². The molecule has 0 bridgehead atoms. The van der Waals surface area contributed by atoms with Crippen LogP contribution in [0.3, 0.4) is 0 Å². The third-order valence-corrected chi connectivity index (χ3v) is 4.08. The number of aromatic nitrogens is 1. The quantitative estimate of drug-likeness (QED) is 0.645. The van der Waals surface area contributed by atoms with E-state index in [1.807, 2.05) is 55.5 Å². The van der Waals surface area contributed by atoms with Gasteiger partial charge in [0.1, 0.15) is 0 Å². The molecule has 1 heterocycles. The fourth-order valence-electron chi connectivity index (χ4n) is 2.47. The number of hydrogen-bond acceptors (Lipinski definition) is 2. The van der Waals surface area contributed by atoms with Crippen molar-refractivity contribution in [2.24, 2.45) is 0 Å². The smallest absolute Gasteiger partial charge is 0.167 e. The molecule has 0 aliphatic carbocycles. The number of aryl methyl sites for hydroxylation is 1. The summed E-state index contributed by atoms with van der Waals surface area (Å²) < 4.78 is 0.927. The molecule has 0 saturated carbocycles. The molecule has 0 unspecified atom stereocenters. The van der Waals surface area contributed by atoms with Crippen LogP contribution in [0.15, 0.2) is 59.2 Å². The zero-order valence-corrected chi connectivity index (χ0v) is 13.2. The predicted octanol–water partition coefficient (Wildman–Crippen LogP) is 4.73. The van der Waals surface area contributed by atoms with Gasteiger partial charge in [-0.3, -0.25) is 9.78 Å². The number of para-hydroxylation sites is 1. The molecule has 2 nitrogen and oxygen atoms in total. The highest BCUT2D eigenvalue weighted by Gasteiger charge is 2.12. The molecule has 104 valence electrons. The lowest BCUT2D eigenvalue weighted by Crippen LogP contribution is -2.06. The molecule has 3 aromatic rings. The second-order valence-corrected chi connectivity index (χ2v) is 5.96. The fourth-order valence-corrected chi connectivity index (χ4v) is 2.83. The van der Waals surface area contributed by atoms with Crippen LogP contribution in [0, 0.1) is 6.92 Å². The number of hydrogen-bond donors (Lipinski definition) is 0. The van der Waals surface area contributed by atoms with E-state index in [1.54, 1.807) is 6.20 Å². The molecule has 3 rings (SSSR count). The lowest BCUT2D eigenvalue weighted by atomic mass is 9.97. The van der Waals surface area contributed by atoms with E-state index >= 15 is 0 Å². The van der Waals surface area contributed by atoms with Crippen molar-refractivity contribution in [1.29, 1.82) is 0 Å². The van der Waals surface area contributed by atoms with Gasteiger partial charge in [-0.2, -0.15) is 0 Å². The van der Waals surface area contributed by atoms with Gasteiger partial charge in [0, 0.05) is 28.0 Å². The molecular weight excluding hydrogens is 326 g/mol. The van der Waals surface area contributed by atoms with Gasteiger partial charge in [0.2, 0.25) is 0 Å². The Morgan fingerprint density at radius 2 is 1.95 bits per heavy atom. The summed E-state index contributed by atoms with van der Waals surface area (Å²) in [6, 6.07) is 15.6. The Balaban J connectivity index is 1.99. The number of fused-ring (bicyclic) bond motifs is 1. The molecule has 0 fully saturated rings. The van der Waals surface area contributed by atoms with Crippen molar-refractivity contribution >= 4 is 32.6 Å². The molecule has 1 aromatic heterocycles. The molecule has 0 atom stereocenters. The minimum Gasteiger partial charge on any atom is -0.294 e. The van der Waals surface area contributed by atoms with Crippen LogP contribution in [0.1, 0.15) is 21.5 Å². The number of rotatable bonds is 3. The van der Waals surface area contributed by atoms with E-state index in [4.69, 9.17) is 0 Å². The van der Waals surface area contributed by atoms with Gasteiger partial charge >= 0.3 is 0 Å². The SMILES string of the molecule is Cc1ccc(Br)cc1C(=O)Cc1ccnc2ccccc12. The molecular formula is C18H14BrNO. The Bertz CT molecular complexity index is 821. The molecule has 0 aliphatic rings. The maximum atomic E-state index is 12.6. The normalized spacial score (nSPS) is 10.8. The third kappa shape index (κ3) is 2.88. The maximum Gasteiger partial charge on any atom is 0.167 e. The van der Waals surface area contributed by atoms with E-state index in [1.165, 1.54) is 0 Å². The molecule has 21 heavy (non-hydrogen) atoms. The number of carbonyl (C=O) groups is 1. The summed E-state index contributed by atoms with van der Waals surface area (Å²) in [4.78, 5) is 16.9. The minimum absolute atomic E-state index is 0.130. The summed E-state index contributed by atoms with van der Waals surface area (Å²) in [5.74, 6) is 0.130. The van der Waals surface area contributed by atoms with E-state index in [-0.39, 0.29) is 5.78 Å². The summed E-state index contributed by atoms with van der Waals surface area (Å²) in [5, 5.41) is 1.04. The topological polar surface area (TPSA) is 30.0 Å². The van der Waals surface area contributed by atoms with Gasteiger partial charge in [0.15, 0.2) is 5.78 Å². The lowest BCUT2D eigenvalue weighted by Gasteiger charge is -2.08. The van der Waals surface area contributed by atoms with Crippen LogP contribution in [-0.4, -0.2) is 10.8 Å². The number of pyridine rings is 1. The van der Waals surface area contributed by atoms with E-state index in [0.29, 0.717) is 6.42 Å². The Morgan fingerprint density at radius 1 is 1.14 bits per heavy atom. The fraction of sp³-hybridized carbons (Fsp3) is 0.111. The monoisotopic (exact) mass is 339 g/mol. The van der Waals surface area contributed by atoms with Crippen LogP contribution in [0.4, 0.5) is 0 Å². The summed E-state index contributed by atoms with van der Waals surface area (Å²) in [6.07, 6.45) is 2.15. The molecule has 2 aromatic carbocycles. The first-order valence-electron chi connectivity index (χ1n) is 6.77. The van der Waals surface area contributed by atoms with Crippen LogP contribution in [0.25, 0.3) is 10.9 Å². The number of halogens is 1. The summed E-state index contributed by atoms with van der Waals surface area (Å²) in [6.45, 7) is 1.96. The zero-order chi connectivity index (χ0) is 14.8. The maximum absolute atomic E-state index is 12.6. The Morgan fingerprint density at radius 3 is 2.81 bits per heavy atom. The second-order valence-electron chi connectivity index (χ2n) is 5.05. The molecule has 0 N–H and O–H groups in total. The largest absolute Gasteiger partial charge is 0.294 e. The minimum atomic E-state index is 0.130. The second kappa shape index (κ2) is 5.78. The van der Waals surface area contributed by atoms with Gasteiger partial charge in [0.05, 0.1) is 5.52 Å². The van der Waals surface area contributed by atoms with Gasteiger partial charge in [0.25, 0.3) is 0 Å². The van der Waals surface area contributed by atoms with Crippen LogP contribution in [-0.2, 0) is 6.42 Å². The van der Waals surface area contributed by atoms with Gasteiger partial charge in [-0.15, -0.1) is 0 Å². The predicted molar refractivity (Wildman–Crippen MR) is 88.7 cm³/mol. The number of nitrogens with zero attached hydrogens (tertiary/aromatic N) is 1. The van der Waals surface area contributed by atoms with Crippen molar-refractivity contribution in [3.8, 4) is 0 Å². The Hall–Kier alpha value is -2.00. The molecule has 0 saturated heterocycles. The van der Waals surface area contributed by atoms with Crippen LogP contribution < -0.4 is 0 Å². The lowest BCUT2D eigenvalue weighted by molar-refractivity contribution is 0.0992. The van der Waals surface area contributed by atoms with Crippen molar-refractivity contribution in [1.82, 2.24) is 4.98 Å². The first-order chi connectivity index (χ1) is 10.1. The van der Waals surface area contributed by atoms with Crippen LogP contribution >= 0.6 is 15.9 Å². The van der Waals surface area contributed by atoms with Crippen molar-refractivity contribution in [3.63, 3.8) is 0 Å². The number of benzene rings is 2. The summed E-state index contributed by atoms with van der Waals surface area (Å²) in [7, 11) is 0. The number of carbonyl (C=O) groups excluding carboxylic acids is 1. The molecule has 0 radical (unpaired) electrons. The molecule has 0 amide bonds. The van der Waals surface area contributed by atoms with Gasteiger partial charge in [-0.1, -0.05) is 40.2 Å². The van der Waals surface area contributed by atoms with Crippen molar-refractivity contribution in [2.75, 3.05) is 0 Å². The van der Waals surface area contributed by atoms with E-state index < -0.39 is 0 Å². The zero-order valence-electron chi connectivity index (χ0n) is 11.6. The molecule has 0 spiro atoms. The first-order valence-corrected chi connectivity index (χ1v) is 7.56. The summed E-state index contributed by atoms with van der Waals surface area (Å²) >= 11 is 3.43. The Kier molecular flexibility index (Phi) is 3.84. The van der Waals surface area contributed by atoms with Crippen molar-refractivity contribution in [3.05, 3.63) is 75.9 Å². The Labute approximate surface area is 132 Å². The molecule has 3 heteroatoms. The number of Topliss-reactive ketones (excluding diaryl/α,β-unsaturated/α-hetero) is 1. The highest BCUT2D eigenvalue weighted by Crippen LogP contribution is 2.21. The van der Waals surface area contributed by atoms with Gasteiger partial charge in [-0.05, 0) is 42.3 Å². The molecule has 0 aliphatic heterocycles. The number of ketones is 1. The van der Waals surface area contributed by atoms with Crippen molar-refractivity contribution in [2.45, 2.75) is 13.3 Å².